The van der Waals surface area contributed by atoms with E-state index in [1.807, 2.05) is 66.7 Å². The van der Waals surface area contributed by atoms with Gasteiger partial charge in [0.2, 0.25) is 5.91 Å². The molecule has 0 radical (unpaired) electrons. The Labute approximate surface area is 182 Å². The smallest absolute Gasteiger partial charge is 0.253 e. The number of rotatable bonds is 7. The Bertz CT molecular complexity index is 1020. The van der Waals surface area contributed by atoms with Crippen molar-refractivity contribution < 1.29 is 9.59 Å². The van der Waals surface area contributed by atoms with Crippen molar-refractivity contribution in [1.29, 1.82) is 0 Å². The summed E-state index contributed by atoms with van der Waals surface area (Å²) in [6.45, 7) is 0.526. The topological polar surface area (TPSA) is 82.3 Å². The van der Waals surface area contributed by atoms with E-state index in [0.29, 0.717) is 24.2 Å². The highest BCUT2D eigenvalue weighted by molar-refractivity contribution is 6.04. The van der Waals surface area contributed by atoms with Crippen LogP contribution in [0.15, 0.2) is 84.9 Å². The number of nitrogens with one attached hydrogen (secondary N) is 4. The second-order valence-electron chi connectivity index (χ2n) is 7.57. The summed E-state index contributed by atoms with van der Waals surface area (Å²) < 4.78 is 0. The molecule has 2 amide bonds. The lowest BCUT2D eigenvalue weighted by Crippen LogP contribution is -2.40. The van der Waals surface area contributed by atoms with E-state index < -0.39 is 0 Å². The fraction of sp³-hybridized carbons (Fsp3) is 0.200. The fourth-order valence-corrected chi connectivity index (χ4v) is 3.70. The predicted molar refractivity (Wildman–Crippen MR) is 121 cm³/mol. The van der Waals surface area contributed by atoms with Crippen LogP contribution in [0.4, 0.5) is 5.69 Å². The SMILES string of the molecule is O=C(NCCc1ccccc1)c1ccccc1NC(=O)C1CC(c2ccccc2)NN1. The van der Waals surface area contributed by atoms with Gasteiger partial charge in [-0.2, -0.15) is 0 Å². The van der Waals surface area contributed by atoms with Crippen LogP contribution in [0.1, 0.15) is 33.9 Å². The van der Waals surface area contributed by atoms with E-state index in [1.54, 1.807) is 18.2 Å². The number of para-hydroxylation sites is 1. The molecule has 6 nitrogen and oxygen atoms in total. The molecule has 31 heavy (non-hydrogen) atoms. The Hall–Kier alpha value is -3.48. The van der Waals surface area contributed by atoms with Crippen LogP contribution in [-0.2, 0) is 11.2 Å². The first-order valence-corrected chi connectivity index (χ1v) is 10.5. The van der Waals surface area contributed by atoms with Crippen LogP contribution in [0.25, 0.3) is 0 Å². The molecule has 3 aromatic rings. The minimum Gasteiger partial charge on any atom is -0.352 e. The Morgan fingerprint density at radius 3 is 2.29 bits per heavy atom. The maximum atomic E-state index is 12.8. The van der Waals surface area contributed by atoms with Crippen molar-refractivity contribution in [2.24, 2.45) is 0 Å². The molecule has 0 aromatic heterocycles. The zero-order valence-corrected chi connectivity index (χ0v) is 17.2. The molecule has 6 heteroatoms. The zero-order valence-electron chi connectivity index (χ0n) is 17.2. The van der Waals surface area contributed by atoms with Gasteiger partial charge in [-0.05, 0) is 36.1 Å². The second kappa shape index (κ2) is 10.0. The maximum absolute atomic E-state index is 12.8. The summed E-state index contributed by atoms with van der Waals surface area (Å²) in [5, 5.41) is 5.85. The van der Waals surface area contributed by atoms with Crippen LogP contribution in [0, 0.1) is 0 Å². The maximum Gasteiger partial charge on any atom is 0.253 e. The van der Waals surface area contributed by atoms with Crippen LogP contribution in [-0.4, -0.2) is 24.4 Å². The molecule has 158 valence electrons. The number of hydrazine groups is 1. The Balaban J connectivity index is 1.35. The van der Waals surface area contributed by atoms with E-state index in [9.17, 15) is 9.59 Å². The third-order valence-electron chi connectivity index (χ3n) is 5.39. The van der Waals surface area contributed by atoms with E-state index in [4.69, 9.17) is 0 Å². The summed E-state index contributed by atoms with van der Waals surface area (Å²) >= 11 is 0. The Morgan fingerprint density at radius 1 is 0.839 bits per heavy atom. The van der Waals surface area contributed by atoms with Crippen molar-refractivity contribution in [3.8, 4) is 0 Å². The average molecular weight is 415 g/mol. The number of hydrogen-bond donors (Lipinski definition) is 4. The number of anilines is 1. The van der Waals surface area contributed by atoms with Gasteiger partial charge < -0.3 is 10.6 Å². The van der Waals surface area contributed by atoms with Crippen molar-refractivity contribution in [2.45, 2.75) is 24.9 Å². The lowest BCUT2D eigenvalue weighted by atomic mass is 10.0. The van der Waals surface area contributed by atoms with E-state index in [-0.39, 0.29) is 23.9 Å². The highest BCUT2D eigenvalue weighted by Gasteiger charge is 2.30. The first-order chi connectivity index (χ1) is 15.2. The van der Waals surface area contributed by atoms with E-state index in [0.717, 1.165) is 17.5 Å². The molecule has 4 rings (SSSR count). The van der Waals surface area contributed by atoms with Crippen molar-refractivity contribution in [2.75, 3.05) is 11.9 Å². The largest absolute Gasteiger partial charge is 0.352 e. The van der Waals surface area contributed by atoms with Gasteiger partial charge in [-0.15, -0.1) is 0 Å². The molecule has 1 heterocycles. The molecule has 0 bridgehead atoms. The summed E-state index contributed by atoms with van der Waals surface area (Å²) in [6, 6.07) is 26.8. The van der Waals surface area contributed by atoms with Crippen molar-refractivity contribution in [3.63, 3.8) is 0 Å². The highest BCUT2D eigenvalue weighted by Crippen LogP contribution is 2.23. The van der Waals surface area contributed by atoms with Gasteiger partial charge in [-0.1, -0.05) is 72.8 Å². The normalized spacial score (nSPS) is 17.8. The molecule has 0 spiro atoms. The van der Waals surface area contributed by atoms with Gasteiger partial charge in [-0.25, -0.2) is 10.9 Å². The standard InChI is InChI=1S/C25H26N4O2/c30-24(26-16-15-18-9-3-1-4-10-18)20-13-7-8-14-21(20)27-25(31)23-17-22(28-29-23)19-11-5-2-6-12-19/h1-14,22-23,28-29H,15-17H2,(H,26,30)(H,27,31). The van der Waals surface area contributed by atoms with E-state index in [2.05, 4.69) is 21.5 Å². The zero-order chi connectivity index (χ0) is 21.5. The van der Waals surface area contributed by atoms with Gasteiger partial charge >= 0.3 is 0 Å². The molecule has 3 aromatic carbocycles. The van der Waals surface area contributed by atoms with Crippen molar-refractivity contribution in [3.05, 3.63) is 102 Å². The van der Waals surface area contributed by atoms with Crippen LogP contribution in [0.5, 0.6) is 0 Å². The minimum absolute atomic E-state index is 0.0634. The van der Waals surface area contributed by atoms with Crippen molar-refractivity contribution >= 4 is 17.5 Å². The van der Waals surface area contributed by atoms with Crippen LogP contribution in [0.2, 0.25) is 0 Å². The molecule has 1 aliphatic heterocycles. The summed E-state index contributed by atoms with van der Waals surface area (Å²) in [6.07, 6.45) is 1.38. The lowest BCUT2D eigenvalue weighted by Gasteiger charge is -2.14. The summed E-state index contributed by atoms with van der Waals surface area (Å²) in [4.78, 5) is 25.5. The van der Waals surface area contributed by atoms with E-state index >= 15 is 0 Å². The quantitative estimate of drug-likeness (QED) is 0.479. The van der Waals surface area contributed by atoms with Gasteiger partial charge in [0, 0.05) is 12.6 Å². The van der Waals surface area contributed by atoms with Gasteiger partial charge in [0.15, 0.2) is 0 Å². The Kier molecular flexibility index (Phi) is 6.72. The predicted octanol–water partition coefficient (Wildman–Crippen LogP) is 3.21. The minimum atomic E-state index is -0.389. The number of carbonyl (C=O) groups is 2. The molecule has 0 saturated carbocycles. The van der Waals surface area contributed by atoms with Crippen LogP contribution >= 0.6 is 0 Å². The third kappa shape index (κ3) is 5.36. The first-order valence-electron chi connectivity index (χ1n) is 10.5. The molecule has 1 aliphatic rings. The van der Waals surface area contributed by atoms with Gasteiger partial charge in [0.25, 0.3) is 5.91 Å². The summed E-state index contributed by atoms with van der Waals surface area (Å²) in [5.74, 6) is -0.373. The molecule has 4 N–H and O–H groups in total. The summed E-state index contributed by atoms with van der Waals surface area (Å²) in [7, 11) is 0. The molecule has 1 saturated heterocycles. The number of benzene rings is 3. The summed E-state index contributed by atoms with van der Waals surface area (Å²) in [5.41, 5.74) is 9.50. The lowest BCUT2D eigenvalue weighted by molar-refractivity contribution is -0.117. The molecule has 0 aliphatic carbocycles. The highest BCUT2D eigenvalue weighted by atomic mass is 16.2. The van der Waals surface area contributed by atoms with Gasteiger partial charge in [-0.3, -0.25) is 9.59 Å². The van der Waals surface area contributed by atoms with Crippen LogP contribution < -0.4 is 21.5 Å². The van der Waals surface area contributed by atoms with E-state index in [1.165, 1.54) is 0 Å². The van der Waals surface area contributed by atoms with Crippen molar-refractivity contribution in [1.82, 2.24) is 16.2 Å². The number of hydrogen-bond acceptors (Lipinski definition) is 4. The number of amides is 2. The molecular formula is C25H26N4O2. The molecule has 2 unspecified atom stereocenters. The van der Waals surface area contributed by atoms with Gasteiger partial charge in [0.1, 0.15) is 6.04 Å². The molecule has 2 atom stereocenters. The number of carbonyl (C=O) groups excluding carboxylic acids is 2. The Morgan fingerprint density at radius 2 is 1.52 bits per heavy atom. The second-order valence-corrected chi connectivity index (χ2v) is 7.57. The monoisotopic (exact) mass is 414 g/mol. The van der Waals surface area contributed by atoms with Gasteiger partial charge in [0.05, 0.1) is 11.3 Å². The molecule has 1 fully saturated rings. The first kappa shape index (κ1) is 20.8. The third-order valence-corrected chi connectivity index (χ3v) is 5.39. The molecular weight excluding hydrogens is 388 g/mol. The fourth-order valence-electron chi connectivity index (χ4n) is 3.70. The average Bonchev–Trinajstić information content (AvgIpc) is 3.31. The van der Waals surface area contributed by atoms with Crippen LogP contribution in [0.3, 0.4) is 0 Å².